The summed E-state index contributed by atoms with van der Waals surface area (Å²) in [4.78, 5) is 13.6. The van der Waals surface area contributed by atoms with E-state index in [9.17, 15) is 26.4 Å². The van der Waals surface area contributed by atoms with Crippen molar-refractivity contribution in [3.63, 3.8) is 0 Å². The molecule has 2 aromatic rings. The fourth-order valence-electron chi connectivity index (χ4n) is 3.45. The van der Waals surface area contributed by atoms with Crippen molar-refractivity contribution in [2.24, 2.45) is 0 Å². The number of carbonyl (C=O) groups is 1. The van der Waals surface area contributed by atoms with Gasteiger partial charge in [-0.05, 0) is 24.1 Å². The monoisotopic (exact) mass is 426 g/mol. The predicted molar refractivity (Wildman–Crippen MR) is 101 cm³/mol. The Morgan fingerprint density at radius 3 is 2.17 bits per heavy atom. The van der Waals surface area contributed by atoms with Gasteiger partial charge in [-0.1, -0.05) is 37.3 Å². The third-order valence-corrected chi connectivity index (χ3v) is 6.99. The first-order valence-electron chi connectivity index (χ1n) is 9.24. The van der Waals surface area contributed by atoms with Gasteiger partial charge in [-0.15, -0.1) is 0 Å². The SMILES string of the molecule is CCC(C(=O)N1CCN(S(=O)(=O)c2ccc(F)c(F)c2F)CC1)c1ccccc1. The lowest BCUT2D eigenvalue weighted by molar-refractivity contribution is -0.134. The molecule has 9 heteroatoms. The highest BCUT2D eigenvalue weighted by Crippen LogP contribution is 2.26. The number of nitrogens with zero attached hydrogens (tertiary/aromatic N) is 2. The maximum absolute atomic E-state index is 14.0. The molecule has 156 valence electrons. The summed E-state index contributed by atoms with van der Waals surface area (Å²) >= 11 is 0. The van der Waals surface area contributed by atoms with Crippen molar-refractivity contribution in [3.05, 3.63) is 65.5 Å². The molecule has 3 rings (SSSR count). The largest absolute Gasteiger partial charge is 0.340 e. The first-order chi connectivity index (χ1) is 13.8. The van der Waals surface area contributed by atoms with Crippen LogP contribution in [0.25, 0.3) is 0 Å². The summed E-state index contributed by atoms with van der Waals surface area (Å²) in [6.45, 7) is 2.05. The molecule has 0 saturated carbocycles. The van der Waals surface area contributed by atoms with Gasteiger partial charge in [0.15, 0.2) is 17.5 Å². The third kappa shape index (κ3) is 4.16. The molecule has 0 bridgehead atoms. The van der Waals surface area contributed by atoms with E-state index in [0.717, 1.165) is 9.87 Å². The number of benzene rings is 2. The van der Waals surface area contributed by atoms with E-state index in [4.69, 9.17) is 0 Å². The van der Waals surface area contributed by atoms with E-state index in [2.05, 4.69) is 0 Å². The molecule has 0 aromatic heterocycles. The van der Waals surface area contributed by atoms with E-state index in [1.807, 2.05) is 37.3 Å². The van der Waals surface area contributed by atoms with Crippen molar-refractivity contribution >= 4 is 15.9 Å². The second kappa shape index (κ2) is 8.54. The Hall–Kier alpha value is -2.39. The molecule has 0 aliphatic carbocycles. The van der Waals surface area contributed by atoms with E-state index >= 15 is 0 Å². The molecule has 0 N–H and O–H groups in total. The second-order valence-electron chi connectivity index (χ2n) is 6.77. The molecule has 29 heavy (non-hydrogen) atoms. The normalized spacial score (nSPS) is 16.6. The summed E-state index contributed by atoms with van der Waals surface area (Å²) in [7, 11) is -4.35. The summed E-state index contributed by atoms with van der Waals surface area (Å²) in [6, 6.07) is 10.6. The van der Waals surface area contributed by atoms with Gasteiger partial charge >= 0.3 is 0 Å². The first kappa shape index (κ1) is 21.3. The van der Waals surface area contributed by atoms with Crippen molar-refractivity contribution < 1.29 is 26.4 Å². The molecule has 1 saturated heterocycles. The minimum absolute atomic E-state index is 0.0578. The highest BCUT2D eigenvalue weighted by Gasteiger charge is 2.34. The van der Waals surface area contributed by atoms with Crippen molar-refractivity contribution in [1.82, 2.24) is 9.21 Å². The highest BCUT2D eigenvalue weighted by molar-refractivity contribution is 7.89. The third-order valence-electron chi connectivity index (χ3n) is 5.08. The van der Waals surface area contributed by atoms with E-state index < -0.39 is 32.4 Å². The van der Waals surface area contributed by atoms with Crippen molar-refractivity contribution in [2.45, 2.75) is 24.2 Å². The number of hydrogen-bond acceptors (Lipinski definition) is 3. The zero-order valence-electron chi connectivity index (χ0n) is 15.8. The molecule has 1 amide bonds. The fourth-order valence-corrected chi connectivity index (χ4v) is 4.93. The van der Waals surface area contributed by atoms with E-state index in [1.54, 1.807) is 4.90 Å². The Labute approximate surface area is 167 Å². The Morgan fingerprint density at radius 1 is 0.966 bits per heavy atom. The lowest BCUT2D eigenvalue weighted by Crippen LogP contribution is -2.51. The van der Waals surface area contributed by atoms with E-state index in [-0.39, 0.29) is 38.0 Å². The van der Waals surface area contributed by atoms with Gasteiger partial charge in [-0.3, -0.25) is 4.79 Å². The predicted octanol–water partition coefficient (Wildman–Crippen LogP) is 3.13. The minimum atomic E-state index is -4.35. The average molecular weight is 426 g/mol. The smallest absolute Gasteiger partial charge is 0.246 e. The number of halogens is 3. The standard InChI is InChI=1S/C20H21F3N2O3S/c1-2-15(14-6-4-3-5-7-14)20(26)24-10-12-25(13-11-24)29(27,28)17-9-8-16(21)18(22)19(17)23/h3-9,15H,2,10-13H2,1H3. The molecule has 5 nitrogen and oxygen atoms in total. The van der Waals surface area contributed by atoms with E-state index in [0.29, 0.717) is 18.6 Å². The summed E-state index contributed by atoms with van der Waals surface area (Å²) in [5.41, 5.74) is 0.888. The molecule has 1 heterocycles. The topological polar surface area (TPSA) is 57.7 Å². The number of piperazine rings is 1. The average Bonchev–Trinajstić information content (AvgIpc) is 2.73. The maximum Gasteiger partial charge on any atom is 0.246 e. The van der Waals surface area contributed by atoms with Crippen molar-refractivity contribution in [2.75, 3.05) is 26.2 Å². The fraction of sp³-hybridized carbons (Fsp3) is 0.350. The van der Waals surface area contributed by atoms with Gasteiger partial charge < -0.3 is 4.90 Å². The maximum atomic E-state index is 14.0. The summed E-state index contributed by atoms with van der Waals surface area (Å²) < 4.78 is 66.8. The van der Waals surface area contributed by atoms with Crippen molar-refractivity contribution in [1.29, 1.82) is 0 Å². The van der Waals surface area contributed by atoms with Gasteiger partial charge in [-0.2, -0.15) is 4.31 Å². The molecular formula is C20H21F3N2O3S. The van der Waals surface area contributed by atoms with Crippen LogP contribution < -0.4 is 0 Å². The number of carbonyl (C=O) groups excluding carboxylic acids is 1. The Kier molecular flexibility index (Phi) is 6.28. The molecule has 1 aliphatic heterocycles. The van der Waals surface area contributed by atoms with Gasteiger partial charge in [0.25, 0.3) is 0 Å². The number of rotatable bonds is 5. The second-order valence-corrected chi connectivity index (χ2v) is 8.68. The van der Waals surface area contributed by atoms with Crippen LogP contribution in [0.5, 0.6) is 0 Å². The lowest BCUT2D eigenvalue weighted by atomic mass is 9.95. The van der Waals surface area contributed by atoms with Crippen LogP contribution in [0, 0.1) is 17.5 Å². The van der Waals surface area contributed by atoms with Gasteiger partial charge in [0.05, 0.1) is 5.92 Å². The van der Waals surface area contributed by atoms with Gasteiger partial charge in [0.2, 0.25) is 15.9 Å². The van der Waals surface area contributed by atoms with Crippen LogP contribution in [-0.4, -0.2) is 49.7 Å². The minimum Gasteiger partial charge on any atom is -0.340 e. The molecule has 0 radical (unpaired) electrons. The highest BCUT2D eigenvalue weighted by atomic mass is 32.2. The van der Waals surface area contributed by atoms with Crippen LogP contribution in [-0.2, 0) is 14.8 Å². The van der Waals surface area contributed by atoms with Crippen LogP contribution in [0.4, 0.5) is 13.2 Å². The van der Waals surface area contributed by atoms with Gasteiger partial charge in [-0.25, -0.2) is 21.6 Å². The molecule has 0 spiro atoms. The molecule has 1 aliphatic rings. The van der Waals surface area contributed by atoms with Crippen LogP contribution in [0.15, 0.2) is 47.4 Å². The summed E-state index contributed by atoms with van der Waals surface area (Å²) in [5.74, 6) is -5.45. The summed E-state index contributed by atoms with van der Waals surface area (Å²) in [5, 5.41) is 0. The molecule has 1 unspecified atom stereocenters. The zero-order valence-corrected chi connectivity index (χ0v) is 16.6. The van der Waals surface area contributed by atoms with Crippen LogP contribution >= 0.6 is 0 Å². The first-order valence-corrected chi connectivity index (χ1v) is 10.7. The Morgan fingerprint density at radius 2 is 1.59 bits per heavy atom. The van der Waals surface area contributed by atoms with Gasteiger partial charge in [0.1, 0.15) is 4.90 Å². The number of sulfonamides is 1. The summed E-state index contributed by atoms with van der Waals surface area (Å²) in [6.07, 6.45) is 0.599. The molecular weight excluding hydrogens is 405 g/mol. The van der Waals surface area contributed by atoms with Crippen LogP contribution in [0.1, 0.15) is 24.8 Å². The quantitative estimate of drug-likeness (QED) is 0.691. The molecule has 1 atom stereocenters. The van der Waals surface area contributed by atoms with Crippen LogP contribution in [0.2, 0.25) is 0 Å². The number of amides is 1. The Bertz CT molecular complexity index is 992. The van der Waals surface area contributed by atoms with E-state index in [1.165, 1.54) is 0 Å². The van der Waals surface area contributed by atoms with Crippen molar-refractivity contribution in [3.8, 4) is 0 Å². The van der Waals surface area contributed by atoms with Crippen LogP contribution in [0.3, 0.4) is 0 Å². The lowest BCUT2D eigenvalue weighted by Gasteiger charge is -2.35. The molecule has 1 fully saturated rings. The molecule has 2 aromatic carbocycles. The van der Waals surface area contributed by atoms with Gasteiger partial charge in [0, 0.05) is 26.2 Å². The zero-order chi connectivity index (χ0) is 21.2. The number of hydrogen-bond donors (Lipinski definition) is 0. The Balaban J connectivity index is 1.73.